The monoisotopic (exact) mass is 302 g/mol. The van der Waals surface area contributed by atoms with Gasteiger partial charge in [0.2, 0.25) is 0 Å². The maximum absolute atomic E-state index is 5.72. The molecule has 0 radical (unpaired) electrons. The number of allylic oxidation sites excluding steroid dienone is 2. The van der Waals surface area contributed by atoms with E-state index in [0.29, 0.717) is 0 Å². The molecule has 4 heteroatoms. The Balaban J connectivity index is 1.88. The van der Waals surface area contributed by atoms with Gasteiger partial charge >= 0.3 is 0 Å². The normalized spacial score (nSPS) is 11.1. The Hall–Kier alpha value is -1.68. The molecule has 0 saturated carbocycles. The van der Waals surface area contributed by atoms with Crippen molar-refractivity contribution >= 4 is 11.3 Å². The molecule has 2 aromatic rings. The SMILES string of the molecule is CC=CCCCOc1ccc(-c2nnc(CCC)s2)cc1. The summed E-state index contributed by atoms with van der Waals surface area (Å²) in [7, 11) is 0. The van der Waals surface area contributed by atoms with Gasteiger partial charge in [0, 0.05) is 12.0 Å². The zero-order chi connectivity index (χ0) is 14.9. The smallest absolute Gasteiger partial charge is 0.147 e. The van der Waals surface area contributed by atoms with E-state index in [0.717, 1.165) is 53.6 Å². The maximum Gasteiger partial charge on any atom is 0.147 e. The maximum atomic E-state index is 5.72. The molecule has 0 unspecified atom stereocenters. The number of benzene rings is 1. The minimum Gasteiger partial charge on any atom is -0.494 e. The Bertz CT molecular complexity index is 560. The van der Waals surface area contributed by atoms with Gasteiger partial charge < -0.3 is 4.74 Å². The van der Waals surface area contributed by atoms with Gasteiger partial charge in [0.15, 0.2) is 0 Å². The van der Waals surface area contributed by atoms with Gasteiger partial charge in [-0.1, -0.05) is 30.4 Å². The quantitative estimate of drug-likeness (QED) is 0.514. The lowest BCUT2D eigenvalue weighted by atomic mass is 10.2. The number of hydrogen-bond acceptors (Lipinski definition) is 4. The molecular weight excluding hydrogens is 280 g/mol. The second-order valence-electron chi connectivity index (χ2n) is 4.84. The molecule has 21 heavy (non-hydrogen) atoms. The summed E-state index contributed by atoms with van der Waals surface area (Å²) in [6.07, 6.45) is 8.46. The number of aromatic nitrogens is 2. The van der Waals surface area contributed by atoms with E-state index >= 15 is 0 Å². The van der Waals surface area contributed by atoms with Gasteiger partial charge in [-0.25, -0.2) is 0 Å². The first-order valence-electron chi connectivity index (χ1n) is 7.50. The van der Waals surface area contributed by atoms with Gasteiger partial charge in [-0.15, -0.1) is 10.2 Å². The molecule has 0 spiro atoms. The third kappa shape index (κ3) is 4.97. The predicted molar refractivity (Wildman–Crippen MR) is 88.9 cm³/mol. The second kappa shape index (κ2) is 8.57. The Morgan fingerprint density at radius 3 is 2.71 bits per heavy atom. The first kappa shape index (κ1) is 15.7. The van der Waals surface area contributed by atoms with Gasteiger partial charge in [-0.3, -0.25) is 0 Å². The third-order valence-electron chi connectivity index (χ3n) is 3.05. The van der Waals surface area contributed by atoms with Crippen LogP contribution < -0.4 is 4.74 Å². The summed E-state index contributed by atoms with van der Waals surface area (Å²) >= 11 is 1.67. The molecule has 0 atom stereocenters. The standard InChI is InChI=1S/C17H22N2OS/c1-3-5-6-7-13-20-15-11-9-14(10-12-15)17-19-18-16(21-17)8-4-2/h3,5,9-12H,4,6-8,13H2,1-2H3. The highest BCUT2D eigenvalue weighted by molar-refractivity contribution is 7.14. The average molecular weight is 302 g/mol. The van der Waals surface area contributed by atoms with E-state index in [-0.39, 0.29) is 0 Å². The van der Waals surface area contributed by atoms with Crippen LogP contribution in [0.1, 0.15) is 38.1 Å². The summed E-state index contributed by atoms with van der Waals surface area (Å²) in [5.74, 6) is 0.914. The molecule has 1 heterocycles. The van der Waals surface area contributed by atoms with Crippen LogP contribution in [0.15, 0.2) is 36.4 Å². The molecule has 112 valence electrons. The molecular formula is C17H22N2OS. The van der Waals surface area contributed by atoms with Crippen molar-refractivity contribution in [1.82, 2.24) is 10.2 Å². The van der Waals surface area contributed by atoms with Gasteiger partial charge in [-0.2, -0.15) is 0 Å². The topological polar surface area (TPSA) is 35.0 Å². The summed E-state index contributed by atoms with van der Waals surface area (Å²) < 4.78 is 5.72. The minimum atomic E-state index is 0.753. The number of ether oxygens (including phenoxy) is 1. The number of unbranched alkanes of at least 4 members (excludes halogenated alkanes) is 1. The molecule has 3 nitrogen and oxygen atoms in total. The largest absolute Gasteiger partial charge is 0.494 e. The number of hydrogen-bond donors (Lipinski definition) is 0. The van der Waals surface area contributed by atoms with Crippen LogP contribution in [0, 0.1) is 0 Å². The van der Waals surface area contributed by atoms with Crippen LogP contribution >= 0.6 is 11.3 Å². The van der Waals surface area contributed by atoms with E-state index in [4.69, 9.17) is 4.74 Å². The van der Waals surface area contributed by atoms with Gasteiger partial charge in [0.25, 0.3) is 0 Å². The molecule has 0 aliphatic heterocycles. The molecule has 0 N–H and O–H groups in total. The first-order valence-corrected chi connectivity index (χ1v) is 8.32. The number of aryl methyl sites for hydroxylation is 1. The fourth-order valence-corrected chi connectivity index (χ4v) is 2.88. The van der Waals surface area contributed by atoms with E-state index in [1.165, 1.54) is 0 Å². The summed E-state index contributed by atoms with van der Waals surface area (Å²) in [6.45, 7) is 4.95. The molecule has 1 aromatic carbocycles. The Morgan fingerprint density at radius 1 is 1.19 bits per heavy atom. The molecule has 0 aliphatic rings. The predicted octanol–water partition coefficient (Wildman–Crippen LogP) is 4.89. The Morgan fingerprint density at radius 2 is 2.00 bits per heavy atom. The van der Waals surface area contributed by atoms with Crippen molar-refractivity contribution in [3.8, 4) is 16.3 Å². The van der Waals surface area contributed by atoms with Crippen LogP contribution in [0.25, 0.3) is 10.6 Å². The van der Waals surface area contributed by atoms with Crippen LogP contribution in [-0.4, -0.2) is 16.8 Å². The molecule has 0 saturated heterocycles. The summed E-state index contributed by atoms with van der Waals surface area (Å²) in [5.41, 5.74) is 1.11. The van der Waals surface area contributed by atoms with Crippen molar-refractivity contribution in [2.24, 2.45) is 0 Å². The Kier molecular flexibility index (Phi) is 6.41. The fraction of sp³-hybridized carbons (Fsp3) is 0.412. The van der Waals surface area contributed by atoms with Crippen molar-refractivity contribution in [2.75, 3.05) is 6.61 Å². The van der Waals surface area contributed by atoms with Crippen molar-refractivity contribution in [3.63, 3.8) is 0 Å². The van der Waals surface area contributed by atoms with Crippen LogP contribution in [0.5, 0.6) is 5.75 Å². The highest BCUT2D eigenvalue weighted by Crippen LogP contribution is 2.26. The zero-order valence-electron chi connectivity index (χ0n) is 12.7. The van der Waals surface area contributed by atoms with Crippen molar-refractivity contribution in [3.05, 3.63) is 41.4 Å². The van der Waals surface area contributed by atoms with Crippen LogP contribution in [0.3, 0.4) is 0 Å². The number of nitrogens with zero attached hydrogens (tertiary/aromatic N) is 2. The highest BCUT2D eigenvalue weighted by atomic mass is 32.1. The van der Waals surface area contributed by atoms with E-state index in [9.17, 15) is 0 Å². The summed E-state index contributed by atoms with van der Waals surface area (Å²) in [4.78, 5) is 0. The lowest BCUT2D eigenvalue weighted by Crippen LogP contribution is -1.96. The second-order valence-corrected chi connectivity index (χ2v) is 5.90. The Labute approximate surface area is 130 Å². The van der Waals surface area contributed by atoms with Crippen molar-refractivity contribution in [2.45, 2.75) is 39.5 Å². The number of rotatable bonds is 8. The lowest BCUT2D eigenvalue weighted by Gasteiger charge is -2.05. The van der Waals surface area contributed by atoms with Crippen molar-refractivity contribution in [1.29, 1.82) is 0 Å². The molecule has 0 bridgehead atoms. The van der Waals surface area contributed by atoms with Crippen LogP contribution in [0.4, 0.5) is 0 Å². The van der Waals surface area contributed by atoms with E-state index in [1.54, 1.807) is 11.3 Å². The highest BCUT2D eigenvalue weighted by Gasteiger charge is 2.06. The van der Waals surface area contributed by atoms with Gasteiger partial charge in [-0.05, 0) is 50.5 Å². The molecule has 0 aliphatic carbocycles. The van der Waals surface area contributed by atoms with Gasteiger partial charge in [0.05, 0.1) is 6.61 Å². The summed E-state index contributed by atoms with van der Waals surface area (Å²) in [6, 6.07) is 8.12. The minimum absolute atomic E-state index is 0.753. The van der Waals surface area contributed by atoms with E-state index < -0.39 is 0 Å². The van der Waals surface area contributed by atoms with Gasteiger partial charge in [0.1, 0.15) is 15.8 Å². The summed E-state index contributed by atoms with van der Waals surface area (Å²) in [5, 5.41) is 10.6. The third-order valence-corrected chi connectivity index (χ3v) is 4.08. The first-order chi connectivity index (χ1) is 10.3. The molecule has 2 rings (SSSR count). The van der Waals surface area contributed by atoms with Crippen LogP contribution in [0.2, 0.25) is 0 Å². The van der Waals surface area contributed by atoms with Crippen LogP contribution in [-0.2, 0) is 6.42 Å². The fourth-order valence-electron chi connectivity index (χ4n) is 1.94. The average Bonchev–Trinajstić information content (AvgIpc) is 2.97. The molecule has 0 fully saturated rings. The lowest BCUT2D eigenvalue weighted by molar-refractivity contribution is 0.312. The van der Waals surface area contributed by atoms with Crippen molar-refractivity contribution < 1.29 is 4.74 Å². The van der Waals surface area contributed by atoms with E-state index in [2.05, 4.69) is 41.4 Å². The molecule has 1 aromatic heterocycles. The molecule has 0 amide bonds. The van der Waals surface area contributed by atoms with E-state index in [1.807, 2.05) is 19.1 Å². The zero-order valence-corrected chi connectivity index (χ0v) is 13.5.